The van der Waals surface area contributed by atoms with Crippen LogP contribution in [0, 0.1) is 0 Å². The molecule has 2 heterocycles. The second kappa shape index (κ2) is 8.03. The smallest absolute Gasteiger partial charge is 0.298 e. The van der Waals surface area contributed by atoms with Gasteiger partial charge in [0.05, 0.1) is 6.54 Å². The van der Waals surface area contributed by atoms with E-state index in [0.29, 0.717) is 22.3 Å². The molecule has 0 fully saturated rings. The molecule has 0 radical (unpaired) electrons. The summed E-state index contributed by atoms with van der Waals surface area (Å²) in [5.41, 5.74) is 6.76. The van der Waals surface area contributed by atoms with E-state index in [1.54, 1.807) is 42.5 Å². The molecule has 2 aromatic heterocycles. The predicted molar refractivity (Wildman–Crippen MR) is 108 cm³/mol. The van der Waals surface area contributed by atoms with Crippen molar-refractivity contribution in [1.82, 2.24) is 19.9 Å². The molecule has 146 valence electrons. The summed E-state index contributed by atoms with van der Waals surface area (Å²) in [6.45, 7) is 0.255. The molecule has 29 heavy (non-hydrogen) atoms. The standard InChI is InChI=1S/C19H15ClN6O3/c20-13-3-1-12(2-4-13)11-26-18(27)17(21)23-24-19(26)22-14-5-7-15(8-6-14)29-16-9-10-28-25-16/h1-10H,11H2,(H2,21,23)(H,22,24). The van der Waals surface area contributed by atoms with Gasteiger partial charge in [-0.15, -0.1) is 10.2 Å². The van der Waals surface area contributed by atoms with Gasteiger partial charge in [-0.1, -0.05) is 23.7 Å². The largest absolute Gasteiger partial charge is 0.436 e. The fraction of sp³-hybridized carbons (Fsp3) is 0.0526. The van der Waals surface area contributed by atoms with Crippen LogP contribution in [0.2, 0.25) is 5.02 Å². The molecule has 0 bridgehead atoms. The van der Waals surface area contributed by atoms with Gasteiger partial charge in [0, 0.05) is 16.8 Å². The van der Waals surface area contributed by atoms with Crippen molar-refractivity contribution in [2.75, 3.05) is 11.1 Å². The molecule has 4 rings (SSSR count). The molecule has 4 aromatic rings. The van der Waals surface area contributed by atoms with Crippen molar-refractivity contribution in [3.05, 3.63) is 81.8 Å². The first-order chi connectivity index (χ1) is 14.1. The number of nitrogens with two attached hydrogens (primary N) is 1. The highest BCUT2D eigenvalue weighted by Crippen LogP contribution is 2.23. The zero-order chi connectivity index (χ0) is 20.2. The Labute approximate surface area is 169 Å². The van der Waals surface area contributed by atoms with E-state index in [2.05, 4.69) is 20.7 Å². The maximum absolute atomic E-state index is 12.5. The normalized spacial score (nSPS) is 10.7. The maximum atomic E-state index is 12.5. The second-order valence-electron chi connectivity index (χ2n) is 6.02. The van der Waals surface area contributed by atoms with Crippen LogP contribution >= 0.6 is 11.6 Å². The van der Waals surface area contributed by atoms with Gasteiger partial charge in [0.1, 0.15) is 12.0 Å². The number of nitrogen functional groups attached to an aromatic ring is 1. The lowest BCUT2D eigenvalue weighted by Crippen LogP contribution is -2.28. The zero-order valence-corrected chi connectivity index (χ0v) is 15.7. The van der Waals surface area contributed by atoms with Gasteiger partial charge in [-0.05, 0) is 47.1 Å². The number of anilines is 3. The van der Waals surface area contributed by atoms with Gasteiger partial charge in [-0.25, -0.2) is 0 Å². The fourth-order valence-electron chi connectivity index (χ4n) is 2.55. The van der Waals surface area contributed by atoms with Crippen molar-refractivity contribution in [1.29, 1.82) is 0 Å². The van der Waals surface area contributed by atoms with E-state index < -0.39 is 5.56 Å². The van der Waals surface area contributed by atoms with E-state index in [1.165, 1.54) is 10.8 Å². The molecular weight excluding hydrogens is 396 g/mol. The number of ether oxygens (including phenoxy) is 1. The lowest BCUT2D eigenvalue weighted by atomic mass is 10.2. The van der Waals surface area contributed by atoms with Gasteiger partial charge in [0.25, 0.3) is 11.4 Å². The maximum Gasteiger partial charge on any atom is 0.298 e. The van der Waals surface area contributed by atoms with Crippen molar-refractivity contribution in [3.63, 3.8) is 0 Å². The Balaban J connectivity index is 1.57. The minimum absolute atomic E-state index is 0.180. The molecule has 0 amide bonds. The number of hydrogen-bond acceptors (Lipinski definition) is 8. The first kappa shape index (κ1) is 18.5. The quantitative estimate of drug-likeness (QED) is 0.495. The molecule has 10 heteroatoms. The molecule has 0 aliphatic heterocycles. The second-order valence-corrected chi connectivity index (χ2v) is 6.45. The number of halogens is 1. The van der Waals surface area contributed by atoms with Crippen molar-refractivity contribution < 1.29 is 9.26 Å². The molecule has 0 aliphatic carbocycles. The van der Waals surface area contributed by atoms with Crippen LogP contribution in [0.15, 0.2) is 70.2 Å². The van der Waals surface area contributed by atoms with Gasteiger partial charge in [-0.3, -0.25) is 9.36 Å². The minimum atomic E-state index is -0.441. The summed E-state index contributed by atoms with van der Waals surface area (Å²) >= 11 is 5.92. The topological polar surface area (TPSA) is 121 Å². The van der Waals surface area contributed by atoms with E-state index in [0.717, 1.165) is 5.56 Å². The number of rotatable bonds is 6. The Kier molecular flexibility index (Phi) is 5.12. The number of hydrogen-bond donors (Lipinski definition) is 2. The number of benzene rings is 2. The van der Waals surface area contributed by atoms with E-state index in [1.807, 2.05) is 12.1 Å². The lowest BCUT2D eigenvalue weighted by molar-refractivity contribution is 0.367. The van der Waals surface area contributed by atoms with Crippen molar-refractivity contribution in [2.45, 2.75) is 6.54 Å². The third-order valence-corrected chi connectivity index (χ3v) is 4.23. The van der Waals surface area contributed by atoms with E-state index >= 15 is 0 Å². The van der Waals surface area contributed by atoms with Crippen molar-refractivity contribution in [2.24, 2.45) is 0 Å². The summed E-state index contributed by atoms with van der Waals surface area (Å²) < 4.78 is 11.7. The van der Waals surface area contributed by atoms with Gasteiger partial charge < -0.3 is 20.3 Å². The molecule has 0 saturated carbocycles. The molecule has 0 unspecified atom stereocenters. The van der Waals surface area contributed by atoms with Crippen LogP contribution in [0.25, 0.3) is 0 Å². The molecule has 0 atom stereocenters. The van der Waals surface area contributed by atoms with Gasteiger partial charge in [-0.2, -0.15) is 0 Å². The Hall–Kier alpha value is -3.85. The average molecular weight is 411 g/mol. The summed E-state index contributed by atoms with van der Waals surface area (Å²) in [4.78, 5) is 12.5. The third kappa shape index (κ3) is 4.36. The van der Waals surface area contributed by atoms with Crippen LogP contribution in [-0.4, -0.2) is 19.9 Å². The summed E-state index contributed by atoms with van der Waals surface area (Å²) in [6.07, 6.45) is 1.42. The SMILES string of the molecule is Nc1nnc(Nc2ccc(Oc3ccon3)cc2)n(Cc2ccc(Cl)cc2)c1=O. The number of nitrogens with one attached hydrogen (secondary N) is 1. The number of nitrogens with zero attached hydrogens (tertiary/aromatic N) is 4. The summed E-state index contributed by atoms with van der Waals surface area (Å²) in [7, 11) is 0. The van der Waals surface area contributed by atoms with Crippen molar-refractivity contribution in [3.8, 4) is 11.6 Å². The van der Waals surface area contributed by atoms with E-state index in [4.69, 9.17) is 26.6 Å². The van der Waals surface area contributed by atoms with E-state index in [-0.39, 0.29) is 18.3 Å². The van der Waals surface area contributed by atoms with E-state index in [9.17, 15) is 4.79 Å². The molecular formula is C19H15ClN6O3. The van der Waals surface area contributed by atoms with Crippen molar-refractivity contribution >= 4 is 29.1 Å². The molecule has 2 aromatic carbocycles. The Bertz CT molecular complexity index is 1160. The van der Waals surface area contributed by atoms with Gasteiger partial charge in [0.2, 0.25) is 11.8 Å². The average Bonchev–Trinajstić information content (AvgIpc) is 3.23. The Morgan fingerprint density at radius 2 is 1.83 bits per heavy atom. The number of aromatic nitrogens is 4. The molecule has 9 nitrogen and oxygen atoms in total. The summed E-state index contributed by atoms with van der Waals surface area (Å²) in [5, 5.41) is 15.1. The highest BCUT2D eigenvalue weighted by atomic mass is 35.5. The summed E-state index contributed by atoms with van der Waals surface area (Å²) in [5.74, 6) is 1.00. The van der Waals surface area contributed by atoms with Crippen LogP contribution < -0.4 is 21.3 Å². The van der Waals surface area contributed by atoms with Crippen LogP contribution in [0.5, 0.6) is 11.6 Å². The Morgan fingerprint density at radius 3 is 2.52 bits per heavy atom. The first-order valence-corrected chi connectivity index (χ1v) is 8.89. The highest BCUT2D eigenvalue weighted by Gasteiger charge is 2.11. The molecule has 0 spiro atoms. The fourth-order valence-corrected chi connectivity index (χ4v) is 2.68. The lowest BCUT2D eigenvalue weighted by Gasteiger charge is -2.13. The molecule has 0 aliphatic rings. The minimum Gasteiger partial charge on any atom is -0.436 e. The highest BCUT2D eigenvalue weighted by molar-refractivity contribution is 6.30. The molecule has 0 saturated heterocycles. The third-order valence-electron chi connectivity index (χ3n) is 3.97. The monoisotopic (exact) mass is 410 g/mol. The van der Waals surface area contributed by atoms with Gasteiger partial charge in [0.15, 0.2) is 0 Å². The first-order valence-electron chi connectivity index (χ1n) is 8.51. The summed E-state index contributed by atoms with van der Waals surface area (Å²) in [6, 6.07) is 15.8. The van der Waals surface area contributed by atoms with Crippen LogP contribution in [0.1, 0.15) is 5.56 Å². The zero-order valence-electron chi connectivity index (χ0n) is 14.9. The van der Waals surface area contributed by atoms with Crippen LogP contribution in [0.3, 0.4) is 0 Å². The Morgan fingerprint density at radius 1 is 1.07 bits per heavy atom. The van der Waals surface area contributed by atoms with Gasteiger partial charge >= 0.3 is 0 Å². The predicted octanol–water partition coefficient (Wildman–Crippen LogP) is 3.45. The van der Waals surface area contributed by atoms with Crippen LogP contribution in [-0.2, 0) is 6.54 Å². The van der Waals surface area contributed by atoms with Crippen LogP contribution in [0.4, 0.5) is 17.5 Å². The molecule has 3 N–H and O–H groups in total.